The van der Waals surface area contributed by atoms with Gasteiger partial charge in [-0.3, -0.25) is 4.79 Å². The third-order valence-corrected chi connectivity index (χ3v) is 1.54. The largest absolute Gasteiger partial charge is 0.481 e. The molecule has 4 heteroatoms. The van der Waals surface area contributed by atoms with Crippen molar-refractivity contribution in [3.05, 3.63) is 23.4 Å². The van der Waals surface area contributed by atoms with E-state index in [2.05, 4.69) is 4.98 Å². The molecule has 70 valence electrons. The number of pyridine rings is 1. The lowest BCUT2D eigenvalue weighted by molar-refractivity contribution is -0.136. The minimum absolute atomic E-state index is 0.0714. The van der Waals surface area contributed by atoms with Crippen LogP contribution in [0.2, 0.25) is 0 Å². The van der Waals surface area contributed by atoms with Crippen LogP contribution in [-0.2, 0) is 11.2 Å². The van der Waals surface area contributed by atoms with Gasteiger partial charge in [-0.2, -0.15) is 0 Å². The lowest BCUT2D eigenvalue weighted by Gasteiger charge is -2.03. The van der Waals surface area contributed by atoms with Gasteiger partial charge in [-0.1, -0.05) is 0 Å². The Kier molecular flexibility index (Phi) is 2.84. The molecule has 0 fully saturated rings. The van der Waals surface area contributed by atoms with E-state index < -0.39 is 5.97 Å². The third-order valence-electron chi connectivity index (χ3n) is 1.54. The standard InChI is InChI=1S/C9H11NO3/c1-6-3-7(5-9(11)12)10-8(4-6)13-2/h3-4H,5H2,1-2H3,(H,11,12). The molecule has 0 radical (unpaired) electrons. The molecule has 13 heavy (non-hydrogen) atoms. The van der Waals surface area contributed by atoms with E-state index in [-0.39, 0.29) is 6.42 Å². The molecule has 1 N–H and O–H groups in total. The smallest absolute Gasteiger partial charge is 0.309 e. The molecule has 0 aliphatic heterocycles. The van der Waals surface area contributed by atoms with E-state index in [4.69, 9.17) is 9.84 Å². The van der Waals surface area contributed by atoms with Crippen LogP contribution in [0, 0.1) is 6.92 Å². The Morgan fingerprint density at radius 2 is 2.31 bits per heavy atom. The Bertz CT molecular complexity index is 323. The van der Waals surface area contributed by atoms with Gasteiger partial charge in [0.15, 0.2) is 0 Å². The summed E-state index contributed by atoms with van der Waals surface area (Å²) in [5.74, 6) is -0.434. The molecule has 0 unspecified atom stereocenters. The fourth-order valence-corrected chi connectivity index (χ4v) is 1.06. The number of nitrogens with zero attached hydrogens (tertiary/aromatic N) is 1. The van der Waals surface area contributed by atoms with Crippen LogP contribution in [0.4, 0.5) is 0 Å². The lowest BCUT2D eigenvalue weighted by Crippen LogP contribution is -2.03. The lowest BCUT2D eigenvalue weighted by atomic mass is 10.2. The molecule has 0 atom stereocenters. The van der Waals surface area contributed by atoms with Crippen molar-refractivity contribution in [2.24, 2.45) is 0 Å². The zero-order chi connectivity index (χ0) is 9.84. The number of carboxylic acid groups (broad SMARTS) is 1. The van der Waals surface area contributed by atoms with Crippen LogP contribution < -0.4 is 4.74 Å². The highest BCUT2D eigenvalue weighted by Crippen LogP contribution is 2.11. The first-order valence-corrected chi connectivity index (χ1v) is 3.85. The van der Waals surface area contributed by atoms with Gasteiger partial charge in [-0.15, -0.1) is 0 Å². The van der Waals surface area contributed by atoms with E-state index in [1.807, 2.05) is 6.92 Å². The molecule has 0 aromatic carbocycles. The summed E-state index contributed by atoms with van der Waals surface area (Å²) in [4.78, 5) is 14.4. The molecule has 0 aliphatic carbocycles. The zero-order valence-electron chi connectivity index (χ0n) is 7.57. The second-order valence-corrected chi connectivity index (χ2v) is 2.75. The number of carbonyl (C=O) groups is 1. The summed E-state index contributed by atoms with van der Waals surface area (Å²) in [6.45, 7) is 1.87. The van der Waals surface area contributed by atoms with E-state index in [1.165, 1.54) is 7.11 Å². The number of carboxylic acids is 1. The number of hydrogen-bond donors (Lipinski definition) is 1. The summed E-state index contributed by atoms with van der Waals surface area (Å²) in [6, 6.07) is 3.49. The van der Waals surface area contributed by atoms with Gasteiger partial charge < -0.3 is 9.84 Å². The highest BCUT2D eigenvalue weighted by atomic mass is 16.5. The average molecular weight is 181 g/mol. The maximum absolute atomic E-state index is 10.4. The predicted octanol–water partition coefficient (Wildman–Crippen LogP) is 1.03. The fourth-order valence-electron chi connectivity index (χ4n) is 1.06. The Labute approximate surface area is 76.2 Å². The molecule has 1 aromatic heterocycles. The molecular formula is C9H11NO3. The van der Waals surface area contributed by atoms with Crippen LogP contribution in [0.25, 0.3) is 0 Å². The number of aliphatic carboxylic acids is 1. The number of rotatable bonds is 3. The number of ether oxygens (including phenoxy) is 1. The first-order chi connectivity index (χ1) is 6.11. The molecule has 0 amide bonds. The van der Waals surface area contributed by atoms with Crippen molar-refractivity contribution in [3.8, 4) is 5.88 Å². The number of aryl methyl sites for hydroxylation is 1. The van der Waals surface area contributed by atoms with Crippen molar-refractivity contribution in [2.45, 2.75) is 13.3 Å². The summed E-state index contributed by atoms with van der Waals surface area (Å²) in [5, 5.41) is 8.54. The third kappa shape index (κ3) is 2.74. The number of methoxy groups -OCH3 is 1. The number of hydrogen-bond acceptors (Lipinski definition) is 3. The topological polar surface area (TPSA) is 59.4 Å². The van der Waals surface area contributed by atoms with Crippen LogP contribution >= 0.6 is 0 Å². The van der Waals surface area contributed by atoms with Crippen molar-refractivity contribution in [1.29, 1.82) is 0 Å². The van der Waals surface area contributed by atoms with Crippen molar-refractivity contribution in [2.75, 3.05) is 7.11 Å². The highest BCUT2D eigenvalue weighted by molar-refractivity contribution is 5.69. The van der Waals surface area contributed by atoms with Gasteiger partial charge in [0.2, 0.25) is 5.88 Å². The number of aromatic nitrogens is 1. The van der Waals surface area contributed by atoms with Gasteiger partial charge in [-0.25, -0.2) is 4.98 Å². The summed E-state index contributed by atoms with van der Waals surface area (Å²) in [5.41, 5.74) is 1.47. The van der Waals surface area contributed by atoms with Gasteiger partial charge in [0.1, 0.15) is 0 Å². The van der Waals surface area contributed by atoms with E-state index in [1.54, 1.807) is 12.1 Å². The summed E-state index contributed by atoms with van der Waals surface area (Å²) in [7, 11) is 1.51. The SMILES string of the molecule is COc1cc(C)cc(CC(=O)O)n1. The summed E-state index contributed by atoms with van der Waals surface area (Å²) >= 11 is 0. The van der Waals surface area contributed by atoms with E-state index in [0.717, 1.165) is 5.56 Å². The Morgan fingerprint density at radius 1 is 1.62 bits per heavy atom. The van der Waals surface area contributed by atoms with Crippen LogP contribution in [0.5, 0.6) is 5.88 Å². The Morgan fingerprint density at radius 3 is 2.85 bits per heavy atom. The first kappa shape index (κ1) is 9.51. The first-order valence-electron chi connectivity index (χ1n) is 3.85. The fraction of sp³-hybridized carbons (Fsp3) is 0.333. The minimum Gasteiger partial charge on any atom is -0.481 e. The predicted molar refractivity (Wildman–Crippen MR) is 46.9 cm³/mol. The van der Waals surface area contributed by atoms with Crippen LogP contribution in [0.15, 0.2) is 12.1 Å². The molecule has 0 bridgehead atoms. The average Bonchev–Trinajstić information content (AvgIpc) is 2.01. The molecule has 0 saturated carbocycles. The summed E-state index contributed by atoms with van der Waals surface area (Å²) < 4.78 is 4.91. The van der Waals surface area contributed by atoms with Gasteiger partial charge in [0.05, 0.1) is 19.2 Å². The monoisotopic (exact) mass is 181 g/mol. The van der Waals surface area contributed by atoms with Crippen LogP contribution in [0.1, 0.15) is 11.3 Å². The van der Waals surface area contributed by atoms with Crippen molar-refractivity contribution < 1.29 is 14.6 Å². The van der Waals surface area contributed by atoms with Crippen LogP contribution in [-0.4, -0.2) is 23.2 Å². The maximum Gasteiger partial charge on any atom is 0.309 e. The van der Waals surface area contributed by atoms with Gasteiger partial charge >= 0.3 is 5.97 Å². The minimum atomic E-state index is -0.889. The second-order valence-electron chi connectivity index (χ2n) is 2.75. The quantitative estimate of drug-likeness (QED) is 0.756. The van der Waals surface area contributed by atoms with E-state index >= 15 is 0 Å². The normalized spacial score (nSPS) is 9.69. The van der Waals surface area contributed by atoms with Crippen molar-refractivity contribution in [1.82, 2.24) is 4.98 Å². The molecule has 0 aliphatic rings. The van der Waals surface area contributed by atoms with E-state index in [0.29, 0.717) is 11.6 Å². The maximum atomic E-state index is 10.4. The second kappa shape index (κ2) is 3.89. The zero-order valence-corrected chi connectivity index (χ0v) is 7.57. The molecule has 1 rings (SSSR count). The van der Waals surface area contributed by atoms with Crippen molar-refractivity contribution in [3.63, 3.8) is 0 Å². The molecule has 0 saturated heterocycles. The highest BCUT2D eigenvalue weighted by Gasteiger charge is 2.04. The Hall–Kier alpha value is -1.58. The van der Waals surface area contributed by atoms with Gasteiger partial charge in [0, 0.05) is 6.07 Å². The Balaban J connectivity index is 2.94. The molecular weight excluding hydrogens is 170 g/mol. The molecule has 1 heterocycles. The summed E-state index contributed by atoms with van der Waals surface area (Å²) in [6.07, 6.45) is -0.0714. The van der Waals surface area contributed by atoms with E-state index in [9.17, 15) is 4.79 Å². The van der Waals surface area contributed by atoms with Crippen molar-refractivity contribution >= 4 is 5.97 Å². The molecule has 4 nitrogen and oxygen atoms in total. The van der Waals surface area contributed by atoms with Gasteiger partial charge in [0.25, 0.3) is 0 Å². The molecule has 1 aromatic rings. The molecule has 0 spiro atoms. The van der Waals surface area contributed by atoms with Gasteiger partial charge in [-0.05, 0) is 18.6 Å². The van der Waals surface area contributed by atoms with Crippen LogP contribution in [0.3, 0.4) is 0 Å².